The molecule has 0 saturated carbocycles. The Morgan fingerprint density at radius 3 is 2.81 bits per heavy atom. The minimum Gasteiger partial charge on any atom is -0.382 e. The molecule has 0 fully saturated rings. The zero-order valence-corrected chi connectivity index (χ0v) is 10.6. The molecular weight excluding hydrogens is 220 g/mol. The largest absolute Gasteiger partial charge is 0.382 e. The summed E-state index contributed by atoms with van der Waals surface area (Å²) in [7, 11) is 0. The first-order chi connectivity index (χ1) is 7.38. The minimum absolute atomic E-state index is 0.172. The van der Waals surface area contributed by atoms with Crippen LogP contribution in [-0.2, 0) is 6.54 Å². The van der Waals surface area contributed by atoms with Crippen LogP contribution in [0.5, 0.6) is 0 Å². The molecule has 0 aliphatic rings. The fourth-order valence-corrected chi connectivity index (χ4v) is 2.00. The highest BCUT2D eigenvalue weighted by molar-refractivity contribution is 7.71. The van der Waals surface area contributed by atoms with Crippen molar-refractivity contribution in [1.29, 1.82) is 0 Å². The first-order valence-corrected chi connectivity index (χ1v) is 5.62. The standard InChI is InChI=1S/C11H16N4S/c1-11(2,3)6-15-7-4-5-13-9(12)8(7)14-10(15)16/h4-5H,6H2,1-3H3,(H2,12,13)(H,14,16). The molecule has 0 unspecified atom stereocenters. The number of fused-ring (bicyclic) bond motifs is 1. The Kier molecular flexibility index (Phi) is 2.50. The molecule has 0 aromatic carbocycles. The van der Waals surface area contributed by atoms with Gasteiger partial charge in [0, 0.05) is 12.7 Å². The van der Waals surface area contributed by atoms with E-state index in [1.54, 1.807) is 6.20 Å². The average molecular weight is 236 g/mol. The quantitative estimate of drug-likeness (QED) is 0.748. The number of aromatic amines is 1. The van der Waals surface area contributed by atoms with Crippen LogP contribution in [0.15, 0.2) is 12.3 Å². The van der Waals surface area contributed by atoms with Crippen molar-refractivity contribution in [2.45, 2.75) is 27.3 Å². The number of nitrogens with one attached hydrogen (secondary N) is 1. The molecule has 3 N–H and O–H groups in total. The molecule has 2 aromatic rings. The van der Waals surface area contributed by atoms with Gasteiger partial charge in [-0.3, -0.25) is 0 Å². The Morgan fingerprint density at radius 2 is 2.19 bits per heavy atom. The van der Waals surface area contributed by atoms with Crippen LogP contribution >= 0.6 is 12.2 Å². The Bertz CT molecular complexity index is 574. The van der Waals surface area contributed by atoms with Gasteiger partial charge in [0.1, 0.15) is 11.3 Å². The lowest BCUT2D eigenvalue weighted by molar-refractivity contribution is 0.346. The fraction of sp³-hybridized carbons (Fsp3) is 0.455. The van der Waals surface area contributed by atoms with E-state index in [0.717, 1.165) is 17.6 Å². The summed E-state index contributed by atoms with van der Waals surface area (Å²) in [5.41, 5.74) is 7.82. The second-order valence-electron chi connectivity index (χ2n) is 5.17. The molecule has 0 amide bonds. The van der Waals surface area contributed by atoms with E-state index in [9.17, 15) is 0 Å². The van der Waals surface area contributed by atoms with Gasteiger partial charge in [-0.15, -0.1) is 0 Å². The Labute approximate surface area is 99.5 Å². The van der Waals surface area contributed by atoms with Crippen LogP contribution in [0, 0.1) is 10.2 Å². The zero-order valence-electron chi connectivity index (χ0n) is 9.74. The highest BCUT2D eigenvalue weighted by atomic mass is 32.1. The van der Waals surface area contributed by atoms with Gasteiger partial charge in [-0.25, -0.2) is 4.98 Å². The number of nitrogen functional groups attached to an aromatic ring is 1. The highest BCUT2D eigenvalue weighted by Crippen LogP contribution is 2.23. The van der Waals surface area contributed by atoms with E-state index in [2.05, 4.69) is 35.3 Å². The third-order valence-electron chi connectivity index (χ3n) is 2.36. The van der Waals surface area contributed by atoms with E-state index < -0.39 is 0 Å². The highest BCUT2D eigenvalue weighted by Gasteiger charge is 2.15. The van der Waals surface area contributed by atoms with Crippen molar-refractivity contribution in [1.82, 2.24) is 14.5 Å². The summed E-state index contributed by atoms with van der Waals surface area (Å²) in [4.78, 5) is 7.15. The summed E-state index contributed by atoms with van der Waals surface area (Å²) in [6, 6.07) is 1.93. The van der Waals surface area contributed by atoms with Crippen molar-refractivity contribution in [3.63, 3.8) is 0 Å². The van der Waals surface area contributed by atoms with Crippen molar-refractivity contribution >= 4 is 29.1 Å². The molecule has 16 heavy (non-hydrogen) atoms. The zero-order chi connectivity index (χ0) is 11.9. The number of rotatable bonds is 1. The van der Waals surface area contributed by atoms with Gasteiger partial charge >= 0.3 is 0 Å². The van der Waals surface area contributed by atoms with Gasteiger partial charge in [0.15, 0.2) is 4.77 Å². The van der Waals surface area contributed by atoms with Crippen LogP contribution in [0.25, 0.3) is 11.0 Å². The van der Waals surface area contributed by atoms with Crippen molar-refractivity contribution in [3.8, 4) is 0 Å². The molecule has 0 aliphatic heterocycles. The molecule has 4 nitrogen and oxygen atoms in total. The van der Waals surface area contributed by atoms with Gasteiger partial charge in [-0.1, -0.05) is 20.8 Å². The van der Waals surface area contributed by atoms with Gasteiger partial charge in [-0.05, 0) is 23.7 Å². The monoisotopic (exact) mass is 236 g/mol. The van der Waals surface area contributed by atoms with Crippen LogP contribution in [0.1, 0.15) is 20.8 Å². The van der Waals surface area contributed by atoms with Crippen LogP contribution < -0.4 is 5.73 Å². The van der Waals surface area contributed by atoms with Gasteiger partial charge < -0.3 is 15.3 Å². The number of nitrogens with two attached hydrogens (primary N) is 1. The summed E-state index contributed by atoms with van der Waals surface area (Å²) >= 11 is 5.30. The first kappa shape index (κ1) is 11.1. The van der Waals surface area contributed by atoms with Crippen molar-refractivity contribution in [2.24, 2.45) is 5.41 Å². The fourth-order valence-electron chi connectivity index (χ4n) is 1.74. The number of nitrogens with zero attached hydrogens (tertiary/aromatic N) is 2. The van der Waals surface area contributed by atoms with Crippen molar-refractivity contribution in [2.75, 3.05) is 5.73 Å². The van der Waals surface area contributed by atoms with Gasteiger partial charge in [0.05, 0.1) is 5.52 Å². The van der Waals surface area contributed by atoms with E-state index in [4.69, 9.17) is 18.0 Å². The Balaban J connectivity index is 2.66. The summed E-state index contributed by atoms with van der Waals surface area (Å²) in [5.74, 6) is 0.497. The molecule has 0 bridgehead atoms. The summed E-state index contributed by atoms with van der Waals surface area (Å²) in [5, 5.41) is 0. The molecule has 2 rings (SSSR count). The number of hydrogen-bond acceptors (Lipinski definition) is 3. The van der Waals surface area contributed by atoms with Crippen LogP contribution in [-0.4, -0.2) is 14.5 Å². The predicted octanol–water partition coefficient (Wildman–Crippen LogP) is 2.72. The second kappa shape index (κ2) is 3.59. The molecule has 0 saturated heterocycles. The molecule has 0 radical (unpaired) electrons. The normalized spacial score (nSPS) is 12.2. The van der Waals surface area contributed by atoms with Gasteiger partial charge in [0.25, 0.3) is 0 Å². The maximum absolute atomic E-state index is 5.80. The lowest BCUT2D eigenvalue weighted by Gasteiger charge is -2.19. The lowest BCUT2D eigenvalue weighted by atomic mass is 9.97. The molecule has 0 spiro atoms. The molecule has 5 heteroatoms. The third kappa shape index (κ3) is 1.95. The lowest BCUT2D eigenvalue weighted by Crippen LogP contribution is -2.15. The van der Waals surface area contributed by atoms with E-state index >= 15 is 0 Å². The second-order valence-corrected chi connectivity index (χ2v) is 5.55. The smallest absolute Gasteiger partial charge is 0.178 e. The summed E-state index contributed by atoms with van der Waals surface area (Å²) < 4.78 is 2.77. The first-order valence-electron chi connectivity index (χ1n) is 5.21. The molecule has 2 heterocycles. The molecule has 0 aliphatic carbocycles. The molecular formula is C11H16N4S. The summed E-state index contributed by atoms with van der Waals surface area (Å²) in [6.07, 6.45) is 1.71. The van der Waals surface area contributed by atoms with Crippen molar-refractivity contribution in [3.05, 3.63) is 17.0 Å². The Morgan fingerprint density at radius 1 is 1.50 bits per heavy atom. The topological polar surface area (TPSA) is 59.6 Å². The third-order valence-corrected chi connectivity index (χ3v) is 2.68. The van der Waals surface area contributed by atoms with E-state index in [1.165, 1.54) is 0 Å². The van der Waals surface area contributed by atoms with Gasteiger partial charge in [0.2, 0.25) is 0 Å². The number of imidazole rings is 1. The predicted molar refractivity (Wildman–Crippen MR) is 68.8 cm³/mol. The Hall–Kier alpha value is -1.36. The maximum atomic E-state index is 5.80. The average Bonchev–Trinajstić information content (AvgIpc) is 2.44. The maximum Gasteiger partial charge on any atom is 0.178 e. The molecule has 2 aromatic heterocycles. The van der Waals surface area contributed by atoms with Crippen LogP contribution in [0.4, 0.5) is 5.82 Å². The summed E-state index contributed by atoms with van der Waals surface area (Å²) in [6.45, 7) is 7.39. The van der Waals surface area contributed by atoms with E-state index in [0.29, 0.717) is 10.6 Å². The van der Waals surface area contributed by atoms with Crippen LogP contribution in [0.2, 0.25) is 0 Å². The number of hydrogen-bond donors (Lipinski definition) is 2. The van der Waals surface area contributed by atoms with Gasteiger partial charge in [-0.2, -0.15) is 0 Å². The number of anilines is 1. The SMILES string of the molecule is CC(C)(C)Cn1c(=S)[nH]c2c(N)nccc21. The number of pyridine rings is 1. The van der Waals surface area contributed by atoms with E-state index in [1.807, 2.05) is 6.07 Å². The molecule has 0 atom stereocenters. The molecule has 86 valence electrons. The minimum atomic E-state index is 0.172. The number of aromatic nitrogens is 3. The van der Waals surface area contributed by atoms with E-state index in [-0.39, 0.29) is 5.41 Å². The number of H-pyrrole nitrogens is 1. The van der Waals surface area contributed by atoms with Crippen LogP contribution in [0.3, 0.4) is 0 Å². The van der Waals surface area contributed by atoms with Crippen molar-refractivity contribution < 1.29 is 0 Å².